The number of allylic oxidation sites excluding steroid dienone is 1. The monoisotopic (exact) mass is 367 g/mol. The van der Waals surface area contributed by atoms with Gasteiger partial charge in [0.1, 0.15) is 4.47 Å². The van der Waals surface area contributed by atoms with Gasteiger partial charge in [0.05, 0.1) is 18.4 Å². The molecule has 6 heteroatoms. The summed E-state index contributed by atoms with van der Waals surface area (Å²) in [5.41, 5.74) is 1.48. The van der Waals surface area contributed by atoms with Gasteiger partial charge in [-0.05, 0) is 40.5 Å². The first-order valence-electron chi connectivity index (χ1n) is 6.41. The molecule has 0 fully saturated rings. The van der Waals surface area contributed by atoms with Crippen molar-refractivity contribution in [2.45, 2.75) is 19.5 Å². The number of hydrogen-bond acceptors (Lipinski definition) is 3. The van der Waals surface area contributed by atoms with Gasteiger partial charge in [0.25, 0.3) is 5.56 Å². The minimum atomic E-state index is -0.196. The lowest BCUT2D eigenvalue weighted by atomic mass is 10.1. The number of nitrogens with one attached hydrogen (secondary N) is 1. The maximum absolute atomic E-state index is 12.1. The SMILES string of the molecule is C=CCn1ncc(NC(C)c2cccc(Cl)c2)c(Br)c1=O. The zero-order valence-electron chi connectivity index (χ0n) is 11.5. The zero-order valence-corrected chi connectivity index (χ0v) is 13.9. The van der Waals surface area contributed by atoms with Crippen LogP contribution in [0.5, 0.6) is 0 Å². The van der Waals surface area contributed by atoms with Crippen LogP contribution in [0.3, 0.4) is 0 Å². The van der Waals surface area contributed by atoms with Crippen LogP contribution in [0.2, 0.25) is 5.02 Å². The average molecular weight is 369 g/mol. The predicted octanol–water partition coefficient (Wildman–Crippen LogP) is 4.02. The van der Waals surface area contributed by atoms with E-state index >= 15 is 0 Å². The lowest BCUT2D eigenvalue weighted by Gasteiger charge is -2.17. The van der Waals surface area contributed by atoms with Crippen LogP contribution in [-0.2, 0) is 6.54 Å². The van der Waals surface area contributed by atoms with Gasteiger partial charge in [0.2, 0.25) is 0 Å². The summed E-state index contributed by atoms with van der Waals surface area (Å²) in [6.07, 6.45) is 3.25. The third kappa shape index (κ3) is 3.74. The van der Waals surface area contributed by atoms with E-state index in [0.717, 1.165) is 5.56 Å². The van der Waals surface area contributed by atoms with Gasteiger partial charge in [-0.25, -0.2) is 4.68 Å². The van der Waals surface area contributed by atoms with Gasteiger partial charge in [-0.3, -0.25) is 4.79 Å². The molecule has 0 aliphatic rings. The molecule has 4 nitrogen and oxygen atoms in total. The number of rotatable bonds is 5. The lowest BCUT2D eigenvalue weighted by molar-refractivity contribution is 0.648. The Hall–Kier alpha value is -1.59. The molecular formula is C15H15BrClN3O. The molecule has 21 heavy (non-hydrogen) atoms. The zero-order chi connectivity index (χ0) is 15.4. The van der Waals surface area contributed by atoms with E-state index in [9.17, 15) is 4.79 Å². The summed E-state index contributed by atoms with van der Waals surface area (Å²) in [4.78, 5) is 12.1. The number of aromatic nitrogens is 2. The summed E-state index contributed by atoms with van der Waals surface area (Å²) in [5.74, 6) is 0. The highest BCUT2D eigenvalue weighted by atomic mass is 79.9. The Morgan fingerprint density at radius 2 is 2.33 bits per heavy atom. The molecular weight excluding hydrogens is 354 g/mol. The fourth-order valence-corrected chi connectivity index (χ4v) is 2.53. The Labute approximate surface area is 136 Å². The number of hydrogen-bond donors (Lipinski definition) is 1. The molecule has 0 aliphatic heterocycles. The van der Waals surface area contributed by atoms with Crippen molar-refractivity contribution in [3.8, 4) is 0 Å². The van der Waals surface area contributed by atoms with E-state index in [1.54, 1.807) is 12.3 Å². The van der Waals surface area contributed by atoms with E-state index in [2.05, 4.69) is 32.9 Å². The summed E-state index contributed by atoms with van der Waals surface area (Å²) in [6.45, 7) is 5.97. The first kappa shape index (κ1) is 15.8. The molecule has 0 bridgehead atoms. The molecule has 0 spiro atoms. The summed E-state index contributed by atoms with van der Waals surface area (Å²) >= 11 is 9.31. The molecule has 2 rings (SSSR count). The number of benzene rings is 1. The minimum Gasteiger partial charge on any atom is -0.376 e. The second-order valence-corrected chi connectivity index (χ2v) is 5.80. The van der Waals surface area contributed by atoms with Crippen LogP contribution < -0.4 is 10.9 Å². The highest BCUT2D eigenvalue weighted by Gasteiger charge is 2.12. The first-order chi connectivity index (χ1) is 10.0. The minimum absolute atomic E-state index is 0.00328. The Morgan fingerprint density at radius 3 is 3.00 bits per heavy atom. The molecule has 1 aromatic carbocycles. The molecule has 0 amide bonds. The second kappa shape index (κ2) is 6.91. The van der Waals surface area contributed by atoms with Crippen molar-refractivity contribution in [1.82, 2.24) is 9.78 Å². The van der Waals surface area contributed by atoms with Gasteiger partial charge < -0.3 is 5.32 Å². The predicted molar refractivity (Wildman–Crippen MR) is 89.9 cm³/mol. The van der Waals surface area contributed by atoms with Crippen molar-refractivity contribution in [3.63, 3.8) is 0 Å². The molecule has 1 atom stereocenters. The topological polar surface area (TPSA) is 46.9 Å². The third-order valence-corrected chi connectivity index (χ3v) is 4.01. The van der Waals surface area contributed by atoms with E-state index < -0.39 is 0 Å². The number of halogens is 2. The highest BCUT2D eigenvalue weighted by Crippen LogP contribution is 2.24. The van der Waals surface area contributed by atoms with Gasteiger partial charge in [0.15, 0.2) is 0 Å². The van der Waals surface area contributed by atoms with Gasteiger partial charge in [-0.15, -0.1) is 6.58 Å². The first-order valence-corrected chi connectivity index (χ1v) is 7.58. The van der Waals surface area contributed by atoms with E-state index in [1.807, 2.05) is 31.2 Å². The molecule has 2 aromatic rings. The van der Waals surface area contributed by atoms with Crippen molar-refractivity contribution in [1.29, 1.82) is 0 Å². The Kier molecular flexibility index (Phi) is 5.20. The molecule has 0 saturated carbocycles. The van der Waals surface area contributed by atoms with Crippen LogP contribution >= 0.6 is 27.5 Å². The van der Waals surface area contributed by atoms with Crippen LogP contribution in [0.4, 0.5) is 5.69 Å². The lowest BCUT2D eigenvalue weighted by Crippen LogP contribution is -2.24. The molecule has 1 heterocycles. The van der Waals surface area contributed by atoms with Gasteiger partial charge in [0, 0.05) is 11.1 Å². The van der Waals surface area contributed by atoms with Crippen LogP contribution in [-0.4, -0.2) is 9.78 Å². The van der Waals surface area contributed by atoms with Crippen molar-refractivity contribution in [3.05, 3.63) is 68.5 Å². The smallest absolute Gasteiger partial charge is 0.283 e. The summed E-state index contributed by atoms with van der Waals surface area (Å²) in [6, 6.07) is 7.58. The maximum atomic E-state index is 12.1. The Bertz CT molecular complexity index is 714. The summed E-state index contributed by atoms with van der Waals surface area (Å²) in [7, 11) is 0. The maximum Gasteiger partial charge on any atom is 0.283 e. The molecule has 0 radical (unpaired) electrons. The van der Waals surface area contributed by atoms with Crippen LogP contribution in [0.15, 0.2) is 52.4 Å². The van der Waals surface area contributed by atoms with Crippen LogP contribution in [0, 0.1) is 0 Å². The summed E-state index contributed by atoms with van der Waals surface area (Å²) < 4.78 is 1.79. The summed E-state index contributed by atoms with van der Waals surface area (Å²) in [5, 5.41) is 8.04. The molecule has 110 valence electrons. The van der Waals surface area contributed by atoms with E-state index in [-0.39, 0.29) is 11.6 Å². The van der Waals surface area contributed by atoms with Crippen molar-refractivity contribution < 1.29 is 0 Å². The van der Waals surface area contributed by atoms with Crippen molar-refractivity contribution >= 4 is 33.2 Å². The number of anilines is 1. The number of nitrogens with zero attached hydrogens (tertiary/aromatic N) is 2. The Balaban J connectivity index is 2.25. The van der Waals surface area contributed by atoms with Crippen molar-refractivity contribution in [2.75, 3.05) is 5.32 Å². The molecule has 1 aromatic heterocycles. The third-order valence-electron chi connectivity index (χ3n) is 3.01. The molecule has 0 aliphatic carbocycles. The van der Waals surface area contributed by atoms with Gasteiger partial charge in [-0.2, -0.15) is 5.10 Å². The van der Waals surface area contributed by atoms with E-state index in [4.69, 9.17) is 11.6 Å². The molecule has 1 unspecified atom stereocenters. The fraction of sp³-hybridized carbons (Fsp3) is 0.200. The van der Waals surface area contributed by atoms with Gasteiger partial charge >= 0.3 is 0 Å². The second-order valence-electron chi connectivity index (χ2n) is 4.57. The quantitative estimate of drug-likeness (QED) is 0.811. The van der Waals surface area contributed by atoms with E-state index in [1.165, 1.54) is 4.68 Å². The molecule has 1 N–H and O–H groups in total. The van der Waals surface area contributed by atoms with Gasteiger partial charge in [-0.1, -0.05) is 29.8 Å². The normalized spacial score (nSPS) is 12.0. The standard InChI is InChI=1S/C15H15BrClN3O/c1-3-7-20-15(21)14(16)13(9-18-20)19-10(2)11-5-4-6-12(17)8-11/h3-6,8-10,19H,1,7H2,2H3. The average Bonchev–Trinajstić information content (AvgIpc) is 2.47. The fourth-order valence-electron chi connectivity index (χ4n) is 1.91. The highest BCUT2D eigenvalue weighted by molar-refractivity contribution is 9.10. The largest absolute Gasteiger partial charge is 0.376 e. The van der Waals surface area contributed by atoms with Crippen LogP contribution in [0.1, 0.15) is 18.5 Å². The molecule has 0 saturated heterocycles. The van der Waals surface area contributed by atoms with E-state index in [0.29, 0.717) is 21.7 Å². The van der Waals surface area contributed by atoms with Crippen molar-refractivity contribution in [2.24, 2.45) is 0 Å². The van der Waals surface area contributed by atoms with Crippen LogP contribution in [0.25, 0.3) is 0 Å². The Morgan fingerprint density at radius 1 is 1.57 bits per heavy atom.